The summed E-state index contributed by atoms with van der Waals surface area (Å²) in [6.07, 6.45) is 8.86. The lowest BCUT2D eigenvalue weighted by Crippen LogP contribution is -2.37. The summed E-state index contributed by atoms with van der Waals surface area (Å²) in [4.78, 5) is 28.6. The molecule has 2 fully saturated rings. The molecule has 0 atom stereocenters. The number of amides is 2. The van der Waals surface area contributed by atoms with Crippen molar-refractivity contribution >= 4 is 23.4 Å². The van der Waals surface area contributed by atoms with E-state index in [0.29, 0.717) is 37.8 Å². The van der Waals surface area contributed by atoms with Crippen LogP contribution in [0.5, 0.6) is 0 Å². The predicted molar refractivity (Wildman–Crippen MR) is 135 cm³/mol. The number of nitrogens with one attached hydrogen (secondary N) is 2. The zero-order chi connectivity index (χ0) is 25.5. The third kappa shape index (κ3) is 6.67. The summed E-state index contributed by atoms with van der Waals surface area (Å²) >= 11 is 0. The largest absolute Gasteiger partial charge is 0.392 e. The van der Waals surface area contributed by atoms with Crippen LogP contribution >= 0.6 is 0 Å². The molecule has 194 valence electrons. The van der Waals surface area contributed by atoms with Gasteiger partial charge in [-0.05, 0) is 62.1 Å². The summed E-state index contributed by atoms with van der Waals surface area (Å²) in [7, 11) is 0. The Hall–Kier alpha value is -3.30. The van der Waals surface area contributed by atoms with Crippen molar-refractivity contribution < 1.29 is 18.4 Å². The Morgan fingerprint density at radius 2 is 1.81 bits per heavy atom. The van der Waals surface area contributed by atoms with Gasteiger partial charge >= 0.3 is 6.03 Å². The molecule has 0 bridgehead atoms. The van der Waals surface area contributed by atoms with Crippen molar-refractivity contribution in [2.75, 3.05) is 29.9 Å². The van der Waals surface area contributed by atoms with Gasteiger partial charge in [0, 0.05) is 50.9 Å². The number of piperidine rings is 1. The van der Waals surface area contributed by atoms with Gasteiger partial charge in [0.25, 0.3) is 0 Å². The van der Waals surface area contributed by atoms with Crippen LogP contribution in [0.25, 0.3) is 0 Å². The van der Waals surface area contributed by atoms with Gasteiger partial charge < -0.3 is 20.4 Å². The van der Waals surface area contributed by atoms with Gasteiger partial charge in [0.05, 0.1) is 11.4 Å². The molecule has 10 heteroatoms. The van der Waals surface area contributed by atoms with Crippen molar-refractivity contribution in [3.63, 3.8) is 0 Å². The first-order chi connectivity index (χ1) is 17.4. The molecule has 1 aromatic carbocycles. The van der Waals surface area contributed by atoms with Gasteiger partial charge in [-0.15, -0.1) is 0 Å². The van der Waals surface area contributed by atoms with E-state index in [-0.39, 0.29) is 17.7 Å². The van der Waals surface area contributed by atoms with E-state index in [4.69, 9.17) is 4.84 Å². The van der Waals surface area contributed by atoms with E-state index in [9.17, 15) is 13.6 Å². The Morgan fingerprint density at radius 3 is 2.47 bits per heavy atom. The Bertz CT molecular complexity index is 1060. The molecule has 2 amide bonds. The standard InChI is InChI=1S/C26H34F2N6O2/c1-3-10-29-26(35)32-24-14-22(27)21(13-23(24)28)18-4-6-19(7-5-18)33-36-20-8-11-34(12-9-20)25-30-15-17(2)16-31-25/h13-16,18,20H,3-12H2,1-2H3,(H2,29,32,35). The number of aryl methyl sites for hydroxylation is 1. The molecule has 1 aliphatic carbocycles. The lowest BCUT2D eigenvalue weighted by atomic mass is 9.83. The number of benzene rings is 1. The number of rotatable bonds is 7. The number of hydrogen-bond donors (Lipinski definition) is 2. The molecular weight excluding hydrogens is 466 g/mol. The second-order valence-corrected chi connectivity index (χ2v) is 9.52. The van der Waals surface area contributed by atoms with Gasteiger partial charge in [0.15, 0.2) is 0 Å². The fourth-order valence-corrected chi connectivity index (χ4v) is 4.59. The third-order valence-electron chi connectivity index (χ3n) is 6.70. The highest BCUT2D eigenvalue weighted by Crippen LogP contribution is 2.35. The number of hydrogen-bond acceptors (Lipinski definition) is 6. The average molecular weight is 501 g/mol. The summed E-state index contributed by atoms with van der Waals surface area (Å²) in [6.45, 7) is 5.97. The molecule has 2 N–H and O–H groups in total. The zero-order valence-electron chi connectivity index (χ0n) is 20.9. The van der Waals surface area contributed by atoms with E-state index in [1.807, 2.05) is 26.2 Å². The van der Waals surface area contributed by atoms with Crippen LogP contribution in [-0.4, -0.2) is 47.4 Å². The van der Waals surface area contributed by atoms with Crippen molar-refractivity contribution in [1.82, 2.24) is 15.3 Å². The van der Waals surface area contributed by atoms with Gasteiger partial charge in [0.1, 0.15) is 17.7 Å². The quantitative estimate of drug-likeness (QED) is 0.504. The van der Waals surface area contributed by atoms with Crippen LogP contribution in [0.2, 0.25) is 0 Å². The molecule has 0 radical (unpaired) electrons. The first kappa shape index (κ1) is 25.8. The Kier molecular flexibility index (Phi) is 8.66. The minimum Gasteiger partial charge on any atom is -0.392 e. The van der Waals surface area contributed by atoms with Crippen LogP contribution in [0.4, 0.5) is 25.2 Å². The second-order valence-electron chi connectivity index (χ2n) is 9.52. The SMILES string of the molecule is CCCNC(=O)Nc1cc(F)c(C2CCC(=NOC3CCN(c4ncc(C)cn4)CC3)CC2)cc1F. The number of urea groups is 1. The number of anilines is 2. The van der Waals surface area contributed by atoms with E-state index < -0.39 is 17.7 Å². The molecule has 1 aromatic heterocycles. The van der Waals surface area contributed by atoms with Gasteiger partial charge in [-0.2, -0.15) is 0 Å². The Morgan fingerprint density at radius 1 is 1.11 bits per heavy atom. The number of carbonyl (C=O) groups excluding carboxylic acids is 1. The van der Waals surface area contributed by atoms with E-state index in [0.717, 1.165) is 55.6 Å². The van der Waals surface area contributed by atoms with Gasteiger partial charge in [-0.1, -0.05) is 12.1 Å². The first-order valence-corrected chi connectivity index (χ1v) is 12.7. The van der Waals surface area contributed by atoms with E-state index in [2.05, 4.69) is 30.7 Å². The predicted octanol–water partition coefficient (Wildman–Crippen LogP) is 5.29. The van der Waals surface area contributed by atoms with Crippen molar-refractivity contribution in [2.45, 2.75) is 70.8 Å². The van der Waals surface area contributed by atoms with Crippen LogP contribution in [0.15, 0.2) is 29.7 Å². The van der Waals surface area contributed by atoms with Crippen LogP contribution in [-0.2, 0) is 4.84 Å². The van der Waals surface area contributed by atoms with E-state index >= 15 is 0 Å². The van der Waals surface area contributed by atoms with Crippen molar-refractivity contribution in [3.8, 4) is 0 Å². The number of oxime groups is 1. The molecule has 2 aliphatic rings. The highest BCUT2D eigenvalue weighted by Gasteiger charge is 2.26. The average Bonchev–Trinajstić information content (AvgIpc) is 2.89. The fourth-order valence-electron chi connectivity index (χ4n) is 4.59. The summed E-state index contributed by atoms with van der Waals surface area (Å²) < 4.78 is 29.3. The second kappa shape index (κ2) is 12.1. The van der Waals surface area contributed by atoms with E-state index in [1.54, 1.807) is 0 Å². The van der Waals surface area contributed by atoms with E-state index in [1.165, 1.54) is 6.07 Å². The summed E-state index contributed by atoms with van der Waals surface area (Å²) in [5.41, 5.74) is 2.19. The topological polar surface area (TPSA) is 91.7 Å². The maximum absolute atomic E-state index is 14.8. The fraction of sp³-hybridized carbons (Fsp3) is 0.538. The number of nitrogens with zero attached hydrogens (tertiary/aromatic N) is 4. The molecule has 1 aliphatic heterocycles. The Balaban J connectivity index is 1.25. The lowest BCUT2D eigenvalue weighted by molar-refractivity contribution is 0.0406. The Labute approximate surface area is 210 Å². The highest BCUT2D eigenvalue weighted by molar-refractivity contribution is 5.89. The van der Waals surface area contributed by atoms with Crippen molar-refractivity contribution in [3.05, 3.63) is 47.3 Å². The summed E-state index contributed by atoms with van der Waals surface area (Å²) in [5.74, 6) is -0.494. The van der Waals surface area contributed by atoms with Crippen LogP contribution in [0, 0.1) is 18.6 Å². The number of halogens is 2. The lowest BCUT2D eigenvalue weighted by Gasteiger charge is -2.31. The molecule has 36 heavy (non-hydrogen) atoms. The maximum atomic E-state index is 14.8. The molecule has 1 saturated carbocycles. The zero-order valence-corrected chi connectivity index (χ0v) is 20.9. The maximum Gasteiger partial charge on any atom is 0.319 e. The molecule has 8 nitrogen and oxygen atoms in total. The van der Waals surface area contributed by atoms with Crippen LogP contribution in [0.1, 0.15) is 68.9 Å². The number of aromatic nitrogens is 2. The van der Waals surface area contributed by atoms with Gasteiger partial charge in [-0.3, -0.25) is 0 Å². The monoisotopic (exact) mass is 500 g/mol. The molecule has 4 rings (SSSR count). The first-order valence-electron chi connectivity index (χ1n) is 12.7. The number of carbonyl (C=O) groups is 1. The van der Waals surface area contributed by atoms with Crippen molar-refractivity contribution in [2.24, 2.45) is 5.16 Å². The third-order valence-corrected chi connectivity index (χ3v) is 6.70. The van der Waals surface area contributed by atoms with Gasteiger partial charge in [-0.25, -0.2) is 23.5 Å². The van der Waals surface area contributed by atoms with Crippen molar-refractivity contribution in [1.29, 1.82) is 0 Å². The summed E-state index contributed by atoms with van der Waals surface area (Å²) in [5, 5.41) is 9.36. The normalized spacial score (nSPS) is 18.6. The van der Waals surface area contributed by atoms with Crippen LogP contribution in [0.3, 0.4) is 0 Å². The smallest absolute Gasteiger partial charge is 0.319 e. The molecule has 0 spiro atoms. The molecule has 2 aromatic rings. The highest BCUT2D eigenvalue weighted by atomic mass is 19.1. The van der Waals surface area contributed by atoms with Gasteiger partial charge in [0.2, 0.25) is 5.95 Å². The minimum atomic E-state index is -0.636. The molecule has 1 saturated heterocycles. The minimum absolute atomic E-state index is 0.0537. The molecule has 2 heterocycles. The van der Waals surface area contributed by atoms with Crippen LogP contribution < -0.4 is 15.5 Å². The molecular formula is C26H34F2N6O2. The summed E-state index contributed by atoms with van der Waals surface area (Å²) in [6, 6.07) is 1.73. The molecule has 0 unspecified atom stereocenters.